The first-order valence-electron chi connectivity index (χ1n) is 5.02. The van der Waals surface area contributed by atoms with E-state index in [9.17, 15) is 9.59 Å². The van der Waals surface area contributed by atoms with E-state index in [-0.39, 0.29) is 11.8 Å². The standard InChI is InChI=1S/C12H12N2O2/c1-7-5-4-6-10(13-7)14-11(15)8(2)9(3)12(14)16/h4-6H,1-3H3. The van der Waals surface area contributed by atoms with Gasteiger partial charge in [0.05, 0.1) is 0 Å². The number of rotatable bonds is 1. The van der Waals surface area contributed by atoms with Crippen LogP contribution in [0.25, 0.3) is 0 Å². The molecule has 1 aliphatic rings. The summed E-state index contributed by atoms with van der Waals surface area (Å²) in [5.41, 5.74) is 1.77. The van der Waals surface area contributed by atoms with Gasteiger partial charge in [0, 0.05) is 16.8 Å². The van der Waals surface area contributed by atoms with Gasteiger partial charge in [-0.2, -0.15) is 0 Å². The zero-order valence-corrected chi connectivity index (χ0v) is 9.44. The van der Waals surface area contributed by atoms with Crippen LogP contribution in [0.15, 0.2) is 29.3 Å². The topological polar surface area (TPSA) is 50.3 Å². The molecule has 16 heavy (non-hydrogen) atoms. The van der Waals surface area contributed by atoms with Gasteiger partial charge in [-0.3, -0.25) is 9.59 Å². The molecule has 4 nitrogen and oxygen atoms in total. The van der Waals surface area contributed by atoms with E-state index in [4.69, 9.17) is 0 Å². The molecular formula is C12H12N2O2. The Bertz CT molecular complexity index is 494. The number of nitrogens with zero attached hydrogens (tertiary/aromatic N) is 2. The van der Waals surface area contributed by atoms with E-state index in [1.54, 1.807) is 26.0 Å². The molecule has 1 aromatic heterocycles. The summed E-state index contributed by atoms with van der Waals surface area (Å²) in [6.45, 7) is 5.14. The monoisotopic (exact) mass is 216 g/mol. The molecule has 0 atom stereocenters. The normalized spacial score (nSPS) is 16.3. The molecular weight excluding hydrogens is 204 g/mol. The van der Waals surface area contributed by atoms with Gasteiger partial charge in [0.15, 0.2) is 0 Å². The maximum absolute atomic E-state index is 11.8. The highest BCUT2D eigenvalue weighted by Crippen LogP contribution is 2.24. The van der Waals surface area contributed by atoms with Crippen LogP contribution in [0.3, 0.4) is 0 Å². The molecule has 0 radical (unpaired) electrons. The lowest BCUT2D eigenvalue weighted by molar-refractivity contribution is -0.120. The highest BCUT2D eigenvalue weighted by atomic mass is 16.2. The van der Waals surface area contributed by atoms with E-state index in [1.807, 2.05) is 13.0 Å². The molecule has 0 aromatic carbocycles. The van der Waals surface area contributed by atoms with Crippen molar-refractivity contribution in [3.05, 3.63) is 35.0 Å². The molecule has 0 saturated heterocycles. The molecule has 0 unspecified atom stereocenters. The fraction of sp³-hybridized carbons (Fsp3) is 0.250. The number of anilines is 1. The summed E-state index contributed by atoms with van der Waals surface area (Å²) in [6.07, 6.45) is 0. The molecule has 2 heterocycles. The van der Waals surface area contributed by atoms with Gasteiger partial charge in [-0.05, 0) is 32.9 Å². The minimum atomic E-state index is -0.277. The third kappa shape index (κ3) is 1.43. The zero-order valence-electron chi connectivity index (χ0n) is 9.44. The minimum absolute atomic E-state index is 0.277. The van der Waals surface area contributed by atoms with Gasteiger partial charge in [-0.15, -0.1) is 0 Å². The van der Waals surface area contributed by atoms with E-state index in [0.717, 1.165) is 10.6 Å². The molecule has 0 N–H and O–H groups in total. The van der Waals surface area contributed by atoms with Crippen LogP contribution in [-0.4, -0.2) is 16.8 Å². The molecule has 2 amide bonds. The van der Waals surface area contributed by atoms with Gasteiger partial charge in [0.25, 0.3) is 11.8 Å². The molecule has 1 aromatic rings. The molecule has 0 bridgehead atoms. The number of pyridine rings is 1. The Morgan fingerprint density at radius 1 is 1.00 bits per heavy atom. The van der Waals surface area contributed by atoms with Crippen molar-refractivity contribution in [3.63, 3.8) is 0 Å². The first-order chi connectivity index (χ1) is 7.52. The van der Waals surface area contributed by atoms with Crippen LogP contribution in [0.1, 0.15) is 19.5 Å². The number of hydrogen-bond acceptors (Lipinski definition) is 3. The van der Waals surface area contributed by atoms with Crippen LogP contribution >= 0.6 is 0 Å². The van der Waals surface area contributed by atoms with Crippen molar-refractivity contribution in [3.8, 4) is 0 Å². The summed E-state index contributed by atoms with van der Waals surface area (Å²) in [5, 5.41) is 0. The Balaban J connectivity index is 2.46. The van der Waals surface area contributed by atoms with Gasteiger partial charge < -0.3 is 0 Å². The number of amides is 2. The smallest absolute Gasteiger partial charge is 0.262 e. The Morgan fingerprint density at radius 2 is 1.56 bits per heavy atom. The van der Waals surface area contributed by atoms with Gasteiger partial charge >= 0.3 is 0 Å². The zero-order chi connectivity index (χ0) is 11.9. The molecule has 2 rings (SSSR count). The van der Waals surface area contributed by atoms with Crippen molar-refractivity contribution in [1.82, 2.24) is 4.98 Å². The lowest BCUT2D eigenvalue weighted by Gasteiger charge is -2.13. The summed E-state index contributed by atoms with van der Waals surface area (Å²) in [5.74, 6) is -0.160. The van der Waals surface area contributed by atoms with E-state index in [2.05, 4.69) is 4.98 Å². The Labute approximate surface area is 93.6 Å². The van der Waals surface area contributed by atoms with Crippen LogP contribution in [0, 0.1) is 6.92 Å². The number of carbonyl (C=O) groups is 2. The van der Waals surface area contributed by atoms with Crippen molar-refractivity contribution >= 4 is 17.6 Å². The van der Waals surface area contributed by atoms with Crippen LogP contribution < -0.4 is 4.90 Å². The van der Waals surface area contributed by atoms with Crippen molar-refractivity contribution in [2.45, 2.75) is 20.8 Å². The first-order valence-corrected chi connectivity index (χ1v) is 5.02. The Hall–Kier alpha value is -1.97. The fourth-order valence-electron chi connectivity index (χ4n) is 1.61. The Kier molecular flexibility index (Phi) is 2.34. The summed E-state index contributed by atoms with van der Waals surface area (Å²) in [4.78, 5) is 29.0. The van der Waals surface area contributed by atoms with Crippen molar-refractivity contribution in [1.29, 1.82) is 0 Å². The molecule has 0 saturated carbocycles. The predicted molar refractivity (Wildman–Crippen MR) is 59.8 cm³/mol. The van der Waals surface area contributed by atoms with Crippen molar-refractivity contribution in [2.24, 2.45) is 0 Å². The van der Waals surface area contributed by atoms with Gasteiger partial charge in [-0.1, -0.05) is 6.07 Å². The molecule has 82 valence electrons. The number of imide groups is 1. The van der Waals surface area contributed by atoms with E-state index in [1.165, 1.54) is 0 Å². The highest BCUT2D eigenvalue weighted by molar-refractivity contribution is 6.32. The van der Waals surface area contributed by atoms with Crippen LogP contribution in [0.2, 0.25) is 0 Å². The molecule has 0 spiro atoms. The lowest BCUT2D eigenvalue weighted by atomic mass is 10.2. The third-order valence-electron chi connectivity index (χ3n) is 2.71. The molecule has 0 fully saturated rings. The molecule has 0 aliphatic carbocycles. The van der Waals surface area contributed by atoms with Crippen LogP contribution in [0.5, 0.6) is 0 Å². The van der Waals surface area contributed by atoms with Gasteiger partial charge in [0.1, 0.15) is 5.82 Å². The van der Waals surface area contributed by atoms with E-state index in [0.29, 0.717) is 17.0 Å². The highest BCUT2D eigenvalue weighted by Gasteiger charge is 2.35. The largest absolute Gasteiger partial charge is 0.269 e. The van der Waals surface area contributed by atoms with Crippen molar-refractivity contribution < 1.29 is 9.59 Å². The number of aryl methyl sites for hydroxylation is 1. The summed E-state index contributed by atoms with van der Waals surface area (Å²) < 4.78 is 0. The quantitative estimate of drug-likeness (QED) is 0.670. The number of aromatic nitrogens is 1. The third-order valence-corrected chi connectivity index (χ3v) is 2.71. The molecule has 4 heteroatoms. The minimum Gasteiger partial charge on any atom is -0.269 e. The second kappa shape index (κ2) is 3.56. The average molecular weight is 216 g/mol. The molecule has 1 aliphatic heterocycles. The summed E-state index contributed by atoms with van der Waals surface area (Å²) >= 11 is 0. The average Bonchev–Trinajstić information content (AvgIpc) is 2.44. The van der Waals surface area contributed by atoms with Crippen LogP contribution in [0.4, 0.5) is 5.82 Å². The lowest BCUT2D eigenvalue weighted by Crippen LogP contribution is -2.32. The second-order valence-corrected chi connectivity index (χ2v) is 3.83. The maximum atomic E-state index is 11.8. The second-order valence-electron chi connectivity index (χ2n) is 3.83. The van der Waals surface area contributed by atoms with Crippen LogP contribution in [-0.2, 0) is 9.59 Å². The number of hydrogen-bond donors (Lipinski definition) is 0. The maximum Gasteiger partial charge on any atom is 0.262 e. The van der Waals surface area contributed by atoms with Gasteiger partial charge in [-0.25, -0.2) is 9.88 Å². The number of carbonyl (C=O) groups excluding carboxylic acids is 2. The summed E-state index contributed by atoms with van der Waals surface area (Å²) in [7, 11) is 0. The SMILES string of the molecule is CC1=C(C)C(=O)N(c2cccc(C)n2)C1=O. The predicted octanol–water partition coefficient (Wildman–Crippen LogP) is 1.60. The van der Waals surface area contributed by atoms with Crippen molar-refractivity contribution in [2.75, 3.05) is 4.90 Å². The fourth-order valence-corrected chi connectivity index (χ4v) is 1.61. The first kappa shape index (κ1) is 10.5. The Morgan fingerprint density at radius 3 is 2.06 bits per heavy atom. The summed E-state index contributed by atoms with van der Waals surface area (Å²) in [6, 6.07) is 5.26. The van der Waals surface area contributed by atoms with E-state index >= 15 is 0 Å². The van der Waals surface area contributed by atoms with E-state index < -0.39 is 0 Å². The van der Waals surface area contributed by atoms with Gasteiger partial charge in [0.2, 0.25) is 0 Å².